The molecule has 26 heavy (non-hydrogen) atoms. The van der Waals surface area contributed by atoms with Gasteiger partial charge in [0.2, 0.25) is 11.8 Å². The van der Waals surface area contributed by atoms with Crippen LogP contribution in [0.25, 0.3) is 33.2 Å². The lowest BCUT2D eigenvalue weighted by Gasteiger charge is -2.25. The third-order valence-electron chi connectivity index (χ3n) is 5.14. The van der Waals surface area contributed by atoms with E-state index in [0.29, 0.717) is 17.8 Å². The summed E-state index contributed by atoms with van der Waals surface area (Å²) in [6, 6.07) is 11.1. The van der Waals surface area contributed by atoms with E-state index in [1.807, 2.05) is 6.92 Å². The van der Waals surface area contributed by atoms with Crippen LogP contribution in [-0.4, -0.2) is 19.7 Å². The molecule has 1 aromatic carbocycles. The van der Waals surface area contributed by atoms with Gasteiger partial charge in [0, 0.05) is 18.5 Å². The number of hydrogen-bond donors (Lipinski definition) is 0. The Morgan fingerprint density at radius 2 is 2.00 bits per heavy atom. The lowest BCUT2D eigenvalue weighted by atomic mass is 9.95. The van der Waals surface area contributed by atoms with Gasteiger partial charge in [-0.3, -0.25) is 0 Å². The van der Waals surface area contributed by atoms with Crippen LogP contribution in [0.5, 0.6) is 0 Å². The van der Waals surface area contributed by atoms with Crippen LogP contribution in [0.3, 0.4) is 0 Å². The molecule has 0 atom stereocenters. The zero-order chi connectivity index (χ0) is 17.5. The van der Waals surface area contributed by atoms with Crippen molar-refractivity contribution in [2.75, 3.05) is 0 Å². The van der Waals surface area contributed by atoms with Gasteiger partial charge < -0.3 is 8.98 Å². The zero-order valence-electron chi connectivity index (χ0n) is 14.7. The Morgan fingerprint density at radius 1 is 1.12 bits per heavy atom. The van der Waals surface area contributed by atoms with E-state index < -0.39 is 0 Å². The second-order valence-electron chi connectivity index (χ2n) is 6.90. The minimum Gasteiger partial charge on any atom is -0.421 e. The number of rotatable bonds is 3. The van der Waals surface area contributed by atoms with Crippen LogP contribution in [0.2, 0.25) is 0 Å². The summed E-state index contributed by atoms with van der Waals surface area (Å²) in [5, 5.41) is 10.2. The van der Waals surface area contributed by atoms with Crippen LogP contribution < -0.4 is 0 Å². The van der Waals surface area contributed by atoms with E-state index in [0.717, 1.165) is 16.9 Å². The molecular formula is C20H20N4OS. The quantitative estimate of drug-likeness (QED) is 0.473. The molecule has 1 aliphatic rings. The first kappa shape index (κ1) is 15.8. The van der Waals surface area contributed by atoms with Crippen molar-refractivity contribution in [3.05, 3.63) is 41.6 Å². The highest BCUT2D eigenvalue weighted by Crippen LogP contribution is 2.38. The van der Waals surface area contributed by atoms with Gasteiger partial charge in [0.1, 0.15) is 0 Å². The van der Waals surface area contributed by atoms with Crippen LogP contribution in [0.4, 0.5) is 0 Å². The molecule has 0 amide bonds. The molecular weight excluding hydrogens is 344 g/mol. The van der Waals surface area contributed by atoms with Crippen molar-refractivity contribution in [3.63, 3.8) is 0 Å². The first-order chi connectivity index (χ1) is 12.8. The van der Waals surface area contributed by atoms with E-state index >= 15 is 0 Å². The molecule has 1 saturated carbocycles. The lowest BCUT2D eigenvalue weighted by Crippen LogP contribution is -2.13. The van der Waals surface area contributed by atoms with Gasteiger partial charge in [-0.25, -0.2) is 4.98 Å². The maximum absolute atomic E-state index is 5.59. The summed E-state index contributed by atoms with van der Waals surface area (Å²) in [7, 11) is 0. The standard InChI is InChI=1S/C20H20N4OS/c1-13-22-23-20(25-13)14-9-10-17-16(12-14)21-19(18-8-5-11-26-18)24(17)15-6-3-2-4-7-15/h5,8-12,15H,2-4,6-7H2,1H3. The van der Waals surface area contributed by atoms with Crippen molar-refractivity contribution in [2.45, 2.75) is 45.1 Å². The summed E-state index contributed by atoms with van der Waals surface area (Å²) in [4.78, 5) is 6.23. The zero-order valence-corrected chi connectivity index (χ0v) is 15.5. The third kappa shape index (κ3) is 2.65. The molecule has 1 fully saturated rings. The van der Waals surface area contributed by atoms with Crippen molar-refractivity contribution in [1.82, 2.24) is 19.7 Å². The first-order valence-corrected chi connectivity index (χ1v) is 10.0. The predicted octanol–water partition coefficient (Wildman–Crippen LogP) is 5.63. The highest BCUT2D eigenvalue weighted by Gasteiger charge is 2.23. The molecule has 132 valence electrons. The normalized spacial score (nSPS) is 15.7. The summed E-state index contributed by atoms with van der Waals surface area (Å²) >= 11 is 1.75. The molecule has 3 heterocycles. The van der Waals surface area contributed by atoms with Gasteiger partial charge >= 0.3 is 0 Å². The van der Waals surface area contributed by atoms with E-state index in [-0.39, 0.29) is 0 Å². The molecule has 1 aliphatic carbocycles. The molecule has 0 saturated heterocycles. The van der Waals surface area contributed by atoms with Gasteiger partial charge in [-0.05, 0) is 42.5 Å². The van der Waals surface area contributed by atoms with Crippen LogP contribution in [0, 0.1) is 6.92 Å². The van der Waals surface area contributed by atoms with E-state index in [4.69, 9.17) is 9.40 Å². The predicted molar refractivity (Wildman–Crippen MR) is 103 cm³/mol. The average molecular weight is 364 g/mol. The Hall–Kier alpha value is -2.47. The maximum Gasteiger partial charge on any atom is 0.247 e. The Morgan fingerprint density at radius 3 is 2.73 bits per heavy atom. The number of aryl methyl sites for hydroxylation is 1. The van der Waals surface area contributed by atoms with Gasteiger partial charge in [-0.2, -0.15) is 0 Å². The van der Waals surface area contributed by atoms with Crippen molar-refractivity contribution < 1.29 is 4.42 Å². The fraction of sp³-hybridized carbons (Fsp3) is 0.350. The molecule has 0 unspecified atom stereocenters. The van der Waals surface area contributed by atoms with E-state index in [9.17, 15) is 0 Å². The second-order valence-corrected chi connectivity index (χ2v) is 7.85. The first-order valence-electron chi connectivity index (χ1n) is 9.16. The molecule has 0 bridgehead atoms. The molecule has 0 radical (unpaired) electrons. The number of imidazole rings is 1. The molecule has 5 nitrogen and oxygen atoms in total. The van der Waals surface area contributed by atoms with Crippen LogP contribution in [0.1, 0.15) is 44.0 Å². The molecule has 0 N–H and O–H groups in total. The highest BCUT2D eigenvalue weighted by molar-refractivity contribution is 7.13. The summed E-state index contributed by atoms with van der Waals surface area (Å²) in [6.45, 7) is 1.81. The topological polar surface area (TPSA) is 56.7 Å². The fourth-order valence-electron chi connectivity index (χ4n) is 3.93. The van der Waals surface area contributed by atoms with Crippen molar-refractivity contribution >= 4 is 22.4 Å². The Labute approximate surface area is 155 Å². The lowest BCUT2D eigenvalue weighted by molar-refractivity contribution is 0.362. The Bertz CT molecular complexity index is 1040. The van der Waals surface area contributed by atoms with E-state index in [2.05, 4.69) is 50.5 Å². The van der Waals surface area contributed by atoms with Crippen molar-refractivity contribution in [2.24, 2.45) is 0 Å². The van der Waals surface area contributed by atoms with Crippen LogP contribution >= 0.6 is 11.3 Å². The Balaban J connectivity index is 1.68. The monoisotopic (exact) mass is 364 g/mol. The Kier molecular flexibility index (Phi) is 3.85. The fourth-order valence-corrected chi connectivity index (χ4v) is 4.64. The molecule has 4 aromatic rings. The van der Waals surface area contributed by atoms with Crippen LogP contribution in [-0.2, 0) is 0 Å². The molecule has 0 aliphatic heterocycles. The number of fused-ring (bicyclic) bond motifs is 1. The minimum atomic E-state index is 0.530. The number of benzene rings is 1. The van der Waals surface area contributed by atoms with E-state index in [1.165, 1.54) is 42.5 Å². The highest BCUT2D eigenvalue weighted by atomic mass is 32.1. The summed E-state index contributed by atoms with van der Waals surface area (Å²) in [6.07, 6.45) is 6.40. The van der Waals surface area contributed by atoms with Gasteiger partial charge in [-0.15, -0.1) is 21.5 Å². The van der Waals surface area contributed by atoms with E-state index in [1.54, 1.807) is 11.3 Å². The average Bonchev–Trinajstić information content (AvgIpc) is 3.41. The second kappa shape index (κ2) is 6.36. The van der Waals surface area contributed by atoms with Gasteiger partial charge in [0.15, 0.2) is 5.82 Å². The number of nitrogens with zero attached hydrogens (tertiary/aromatic N) is 4. The number of aromatic nitrogens is 4. The van der Waals surface area contributed by atoms with Gasteiger partial charge in [-0.1, -0.05) is 25.3 Å². The minimum absolute atomic E-state index is 0.530. The van der Waals surface area contributed by atoms with Crippen molar-refractivity contribution in [1.29, 1.82) is 0 Å². The summed E-state index contributed by atoms with van der Waals surface area (Å²) in [5.74, 6) is 2.21. The SMILES string of the molecule is Cc1nnc(-c2ccc3c(c2)nc(-c2cccs2)n3C2CCCCC2)o1. The number of thiophene rings is 1. The summed E-state index contributed by atoms with van der Waals surface area (Å²) in [5.41, 5.74) is 3.11. The molecule has 5 rings (SSSR count). The van der Waals surface area contributed by atoms with Gasteiger partial charge in [0.05, 0.1) is 15.9 Å². The smallest absolute Gasteiger partial charge is 0.247 e. The summed E-state index contributed by atoms with van der Waals surface area (Å²) < 4.78 is 8.05. The third-order valence-corrected chi connectivity index (χ3v) is 6.01. The van der Waals surface area contributed by atoms with Crippen molar-refractivity contribution in [3.8, 4) is 22.2 Å². The van der Waals surface area contributed by atoms with Gasteiger partial charge in [0.25, 0.3) is 0 Å². The molecule has 0 spiro atoms. The number of hydrogen-bond acceptors (Lipinski definition) is 5. The maximum atomic E-state index is 5.59. The largest absolute Gasteiger partial charge is 0.421 e. The van der Waals surface area contributed by atoms with Crippen LogP contribution in [0.15, 0.2) is 40.1 Å². The molecule has 3 aromatic heterocycles. The molecule has 6 heteroatoms.